The molecule has 1 aromatic carbocycles. The fraction of sp³-hybridized carbons (Fsp3) is 0.250. The van der Waals surface area contributed by atoms with E-state index >= 15 is 0 Å². The van der Waals surface area contributed by atoms with Crippen LogP contribution in [0.25, 0.3) is 10.9 Å². The first-order chi connectivity index (χ1) is 8.20. The normalized spacial score (nSPS) is 14.6. The van der Waals surface area contributed by atoms with Gasteiger partial charge in [0.05, 0.1) is 18.2 Å². The van der Waals surface area contributed by atoms with Gasteiger partial charge in [0.1, 0.15) is 5.75 Å². The molecule has 0 saturated heterocycles. The zero-order valence-corrected chi connectivity index (χ0v) is 10.0. The van der Waals surface area contributed by atoms with Crippen LogP contribution in [0.2, 0.25) is 5.02 Å². The predicted octanol–water partition coefficient (Wildman–Crippen LogP) is 2.12. The van der Waals surface area contributed by atoms with Gasteiger partial charge < -0.3 is 15.0 Å². The number of benzene rings is 1. The Hall–Kier alpha value is -1.68. The zero-order chi connectivity index (χ0) is 12.0. The van der Waals surface area contributed by atoms with E-state index in [4.69, 9.17) is 16.3 Å². The first-order valence-corrected chi connectivity index (χ1v) is 5.75. The van der Waals surface area contributed by atoms with Gasteiger partial charge in [-0.05, 0) is 6.07 Å². The number of hydrogen-bond acceptors (Lipinski definition) is 2. The lowest BCUT2D eigenvalue weighted by molar-refractivity contribution is 0.0947. The standard InChI is InChI=1S/C12H11ClN2O2/c1-17-9-5-6(13)4-7-10-8(15-11(7)9)2-3-14-12(10)16/h4-5,15H,2-3H2,1H3,(H,14,16). The molecule has 0 spiro atoms. The molecule has 4 nitrogen and oxygen atoms in total. The summed E-state index contributed by atoms with van der Waals surface area (Å²) in [6.07, 6.45) is 0.802. The predicted molar refractivity (Wildman–Crippen MR) is 65.9 cm³/mol. The van der Waals surface area contributed by atoms with Crippen LogP contribution in [-0.2, 0) is 6.42 Å². The van der Waals surface area contributed by atoms with Crippen molar-refractivity contribution in [2.75, 3.05) is 13.7 Å². The molecule has 3 rings (SSSR count). The third-order valence-corrected chi connectivity index (χ3v) is 3.24. The molecule has 5 heteroatoms. The summed E-state index contributed by atoms with van der Waals surface area (Å²) in [6, 6.07) is 3.53. The van der Waals surface area contributed by atoms with Crippen molar-refractivity contribution < 1.29 is 9.53 Å². The molecule has 2 aromatic rings. The molecule has 2 heterocycles. The fourth-order valence-corrected chi connectivity index (χ4v) is 2.49. The lowest BCUT2D eigenvalue weighted by Gasteiger charge is -2.11. The number of carbonyl (C=O) groups excluding carboxylic acids is 1. The van der Waals surface area contributed by atoms with Gasteiger partial charge in [0.15, 0.2) is 0 Å². The first kappa shape index (κ1) is 10.5. The number of hydrogen-bond donors (Lipinski definition) is 2. The van der Waals surface area contributed by atoms with Gasteiger partial charge in [-0.3, -0.25) is 4.79 Å². The molecule has 1 aliphatic rings. The Kier molecular flexibility index (Phi) is 2.26. The van der Waals surface area contributed by atoms with Crippen molar-refractivity contribution in [1.82, 2.24) is 10.3 Å². The van der Waals surface area contributed by atoms with Gasteiger partial charge in [0, 0.05) is 35.1 Å². The zero-order valence-electron chi connectivity index (χ0n) is 9.26. The molecule has 1 amide bonds. The van der Waals surface area contributed by atoms with Gasteiger partial charge in [-0.1, -0.05) is 11.6 Å². The van der Waals surface area contributed by atoms with E-state index in [1.807, 2.05) is 0 Å². The van der Waals surface area contributed by atoms with E-state index < -0.39 is 0 Å². The SMILES string of the molecule is COc1cc(Cl)cc2c3c([nH]c12)CCNC3=O. The van der Waals surface area contributed by atoms with Gasteiger partial charge >= 0.3 is 0 Å². The number of aromatic nitrogens is 1. The Labute approximate surface area is 103 Å². The molecule has 0 atom stereocenters. The quantitative estimate of drug-likeness (QED) is 0.815. The van der Waals surface area contributed by atoms with Gasteiger partial charge in [0.25, 0.3) is 5.91 Å². The van der Waals surface area contributed by atoms with Crippen LogP contribution in [0, 0.1) is 0 Å². The number of carbonyl (C=O) groups is 1. The number of H-pyrrole nitrogens is 1. The highest BCUT2D eigenvalue weighted by atomic mass is 35.5. The Balaban J connectivity index is 2.39. The summed E-state index contributed by atoms with van der Waals surface area (Å²) < 4.78 is 5.27. The van der Waals surface area contributed by atoms with Crippen molar-refractivity contribution in [3.63, 3.8) is 0 Å². The number of methoxy groups -OCH3 is 1. The minimum Gasteiger partial charge on any atom is -0.495 e. The third kappa shape index (κ3) is 1.48. The molecule has 17 heavy (non-hydrogen) atoms. The van der Waals surface area contributed by atoms with Crippen LogP contribution in [0.1, 0.15) is 16.1 Å². The van der Waals surface area contributed by atoms with E-state index in [0.29, 0.717) is 22.9 Å². The molecule has 1 aliphatic heterocycles. The maximum Gasteiger partial charge on any atom is 0.253 e. The summed E-state index contributed by atoms with van der Waals surface area (Å²) in [5.74, 6) is 0.608. The smallest absolute Gasteiger partial charge is 0.253 e. The molecular weight excluding hydrogens is 240 g/mol. The molecule has 0 radical (unpaired) electrons. The Bertz CT molecular complexity index is 618. The van der Waals surface area contributed by atoms with E-state index in [0.717, 1.165) is 23.0 Å². The van der Waals surface area contributed by atoms with E-state index in [1.165, 1.54) is 0 Å². The van der Waals surface area contributed by atoms with Gasteiger partial charge in [-0.25, -0.2) is 0 Å². The first-order valence-electron chi connectivity index (χ1n) is 5.37. The molecule has 0 aliphatic carbocycles. The van der Waals surface area contributed by atoms with Crippen LogP contribution < -0.4 is 10.1 Å². The average Bonchev–Trinajstić information content (AvgIpc) is 2.67. The maximum absolute atomic E-state index is 11.9. The van der Waals surface area contributed by atoms with Crippen molar-refractivity contribution in [2.45, 2.75) is 6.42 Å². The summed E-state index contributed by atoms with van der Waals surface area (Å²) in [7, 11) is 1.59. The lowest BCUT2D eigenvalue weighted by atomic mass is 10.1. The topological polar surface area (TPSA) is 54.1 Å². The molecule has 0 fully saturated rings. The van der Waals surface area contributed by atoms with Crippen molar-refractivity contribution in [3.8, 4) is 5.75 Å². The molecule has 88 valence electrons. The van der Waals surface area contributed by atoms with Gasteiger partial charge in [0.2, 0.25) is 0 Å². The number of fused-ring (bicyclic) bond motifs is 3. The minimum absolute atomic E-state index is 0.0539. The van der Waals surface area contributed by atoms with E-state index in [1.54, 1.807) is 19.2 Å². The number of amides is 1. The third-order valence-electron chi connectivity index (χ3n) is 3.02. The van der Waals surface area contributed by atoms with Crippen LogP contribution >= 0.6 is 11.6 Å². The monoisotopic (exact) mass is 250 g/mol. The average molecular weight is 251 g/mol. The van der Waals surface area contributed by atoms with E-state index in [9.17, 15) is 4.79 Å². The largest absolute Gasteiger partial charge is 0.495 e. The number of nitrogens with one attached hydrogen (secondary N) is 2. The van der Waals surface area contributed by atoms with Gasteiger partial charge in [-0.2, -0.15) is 0 Å². The lowest BCUT2D eigenvalue weighted by Crippen LogP contribution is -2.31. The highest BCUT2D eigenvalue weighted by molar-refractivity contribution is 6.32. The number of aromatic amines is 1. The summed E-state index contributed by atoms with van der Waals surface area (Å²) >= 11 is 6.02. The van der Waals surface area contributed by atoms with Crippen LogP contribution in [0.3, 0.4) is 0 Å². The van der Waals surface area contributed by atoms with Crippen molar-refractivity contribution >= 4 is 28.4 Å². The van der Waals surface area contributed by atoms with Gasteiger partial charge in [-0.15, -0.1) is 0 Å². The molecular formula is C12H11ClN2O2. The number of halogens is 1. The highest BCUT2D eigenvalue weighted by Crippen LogP contribution is 2.34. The van der Waals surface area contributed by atoms with Crippen LogP contribution in [-0.4, -0.2) is 24.5 Å². The Morgan fingerprint density at radius 1 is 1.41 bits per heavy atom. The molecule has 0 unspecified atom stereocenters. The Morgan fingerprint density at radius 2 is 2.24 bits per heavy atom. The van der Waals surface area contributed by atoms with Crippen LogP contribution in [0.15, 0.2) is 12.1 Å². The number of ether oxygens (including phenoxy) is 1. The van der Waals surface area contributed by atoms with E-state index in [2.05, 4.69) is 10.3 Å². The summed E-state index contributed by atoms with van der Waals surface area (Å²) in [4.78, 5) is 15.1. The minimum atomic E-state index is -0.0539. The maximum atomic E-state index is 11.9. The van der Waals surface area contributed by atoms with Crippen molar-refractivity contribution in [1.29, 1.82) is 0 Å². The second kappa shape index (κ2) is 3.67. The number of rotatable bonds is 1. The Morgan fingerprint density at radius 3 is 3.00 bits per heavy atom. The van der Waals surface area contributed by atoms with Crippen LogP contribution in [0.5, 0.6) is 5.75 Å². The van der Waals surface area contributed by atoms with E-state index in [-0.39, 0.29) is 5.91 Å². The molecule has 2 N–H and O–H groups in total. The molecule has 0 bridgehead atoms. The van der Waals surface area contributed by atoms with Crippen molar-refractivity contribution in [3.05, 3.63) is 28.4 Å². The van der Waals surface area contributed by atoms with Crippen molar-refractivity contribution in [2.24, 2.45) is 0 Å². The fourth-order valence-electron chi connectivity index (χ4n) is 2.28. The second-order valence-corrected chi connectivity index (χ2v) is 4.45. The summed E-state index contributed by atoms with van der Waals surface area (Å²) in [5.41, 5.74) is 2.47. The molecule has 0 saturated carbocycles. The summed E-state index contributed by atoms with van der Waals surface area (Å²) in [6.45, 7) is 0.661. The van der Waals surface area contributed by atoms with Crippen LogP contribution in [0.4, 0.5) is 0 Å². The highest BCUT2D eigenvalue weighted by Gasteiger charge is 2.23. The molecule has 1 aromatic heterocycles. The summed E-state index contributed by atoms with van der Waals surface area (Å²) in [5, 5.41) is 4.22. The second-order valence-electron chi connectivity index (χ2n) is 4.02.